The number of rotatable bonds is 4. The Morgan fingerprint density at radius 1 is 1.35 bits per heavy atom. The van der Waals surface area contributed by atoms with E-state index in [4.69, 9.17) is 0 Å². The number of carboxylic acids is 1. The number of carbonyl (C=O) groups excluding carboxylic acids is 2. The lowest BCUT2D eigenvalue weighted by Crippen LogP contribution is -2.53. The molecule has 122 valence electrons. The third-order valence-electron chi connectivity index (χ3n) is 4.82. The lowest BCUT2D eigenvalue weighted by Gasteiger charge is -2.43. The zero-order valence-corrected chi connectivity index (χ0v) is 13.5. The minimum atomic E-state index is -1.09. The van der Waals surface area contributed by atoms with E-state index in [1.165, 1.54) is 17.7 Å². The van der Waals surface area contributed by atoms with Crippen molar-refractivity contribution in [3.8, 4) is 0 Å². The fourth-order valence-corrected chi connectivity index (χ4v) is 4.57. The Bertz CT molecular complexity index is 665. The SMILES string of the molecule is O=C(O)C1=C(/C=C2\CCN(CC3CC3)C2=O)CSC2CC(=O)N12. The first-order valence-corrected chi connectivity index (χ1v) is 8.99. The van der Waals surface area contributed by atoms with E-state index in [1.807, 2.05) is 4.90 Å². The zero-order valence-electron chi connectivity index (χ0n) is 12.7. The average Bonchev–Trinajstić information content (AvgIpc) is 3.26. The molecular formula is C16H18N2O4S. The van der Waals surface area contributed by atoms with Crippen LogP contribution >= 0.6 is 11.8 Å². The quantitative estimate of drug-likeness (QED) is 0.617. The molecule has 0 aromatic carbocycles. The highest BCUT2D eigenvalue weighted by Crippen LogP contribution is 2.41. The van der Waals surface area contributed by atoms with E-state index in [-0.39, 0.29) is 22.9 Å². The van der Waals surface area contributed by atoms with Crippen LogP contribution in [0, 0.1) is 5.92 Å². The number of fused-ring (bicyclic) bond motifs is 1. The van der Waals surface area contributed by atoms with Crippen molar-refractivity contribution in [3.05, 3.63) is 22.9 Å². The summed E-state index contributed by atoms with van der Waals surface area (Å²) in [6, 6.07) is 0. The second-order valence-electron chi connectivity index (χ2n) is 6.53. The first kappa shape index (κ1) is 14.8. The van der Waals surface area contributed by atoms with Gasteiger partial charge in [-0.1, -0.05) is 0 Å². The first-order chi connectivity index (χ1) is 11.0. The fraction of sp³-hybridized carbons (Fsp3) is 0.562. The van der Waals surface area contributed by atoms with Gasteiger partial charge in [0.25, 0.3) is 0 Å². The van der Waals surface area contributed by atoms with Crippen LogP contribution in [0.2, 0.25) is 0 Å². The summed E-state index contributed by atoms with van der Waals surface area (Å²) in [4.78, 5) is 39.0. The second kappa shape index (κ2) is 5.40. The number of aliphatic carboxylic acids is 1. The molecule has 1 saturated carbocycles. The van der Waals surface area contributed by atoms with Crippen molar-refractivity contribution in [1.82, 2.24) is 9.80 Å². The minimum absolute atomic E-state index is 0.0243. The normalized spacial score (nSPS) is 29.2. The Morgan fingerprint density at radius 3 is 2.78 bits per heavy atom. The number of nitrogens with zero attached hydrogens (tertiary/aromatic N) is 2. The fourth-order valence-electron chi connectivity index (χ4n) is 3.35. The number of likely N-dealkylation sites (tertiary alicyclic amines) is 1. The van der Waals surface area contributed by atoms with Crippen molar-refractivity contribution in [1.29, 1.82) is 0 Å². The molecule has 2 amide bonds. The molecule has 0 radical (unpaired) electrons. The number of hydrogen-bond acceptors (Lipinski definition) is 4. The van der Waals surface area contributed by atoms with Gasteiger partial charge in [-0.25, -0.2) is 4.79 Å². The lowest BCUT2D eigenvalue weighted by molar-refractivity contribution is -0.146. The van der Waals surface area contributed by atoms with E-state index >= 15 is 0 Å². The van der Waals surface area contributed by atoms with Crippen LogP contribution in [0.15, 0.2) is 22.9 Å². The monoisotopic (exact) mass is 334 g/mol. The van der Waals surface area contributed by atoms with E-state index in [0.29, 0.717) is 35.7 Å². The van der Waals surface area contributed by atoms with Crippen LogP contribution in [0.1, 0.15) is 25.7 Å². The molecular weight excluding hydrogens is 316 g/mol. The second-order valence-corrected chi connectivity index (χ2v) is 7.69. The topological polar surface area (TPSA) is 77.9 Å². The number of amides is 2. The number of β-lactam (4-membered cyclic amide) rings is 1. The third-order valence-corrected chi connectivity index (χ3v) is 6.06. The molecule has 0 aromatic rings. The maximum absolute atomic E-state index is 12.4. The van der Waals surface area contributed by atoms with E-state index in [9.17, 15) is 19.5 Å². The third kappa shape index (κ3) is 2.56. The molecule has 1 unspecified atom stereocenters. The molecule has 4 aliphatic rings. The van der Waals surface area contributed by atoms with E-state index in [0.717, 1.165) is 13.1 Å². The summed E-state index contributed by atoms with van der Waals surface area (Å²) in [6.07, 6.45) is 5.18. The summed E-state index contributed by atoms with van der Waals surface area (Å²) in [6.45, 7) is 1.54. The van der Waals surface area contributed by atoms with Crippen LogP contribution in [0.4, 0.5) is 0 Å². The standard InChI is InChI=1S/C16H18N2O4S/c19-12-6-13-18(12)14(16(21)22)11(8-23-13)5-10-3-4-17(15(10)20)7-9-1-2-9/h5,9,13H,1-4,6-8H2,(H,21,22)/b10-5+. The summed E-state index contributed by atoms with van der Waals surface area (Å²) in [5.74, 6) is -0.0257. The molecule has 3 fully saturated rings. The minimum Gasteiger partial charge on any atom is -0.477 e. The van der Waals surface area contributed by atoms with Crippen molar-refractivity contribution < 1.29 is 19.5 Å². The van der Waals surface area contributed by atoms with E-state index in [2.05, 4.69) is 0 Å². The Kier molecular flexibility index (Phi) is 3.48. The smallest absolute Gasteiger partial charge is 0.352 e. The Labute approximate surface area is 138 Å². The molecule has 4 rings (SSSR count). The van der Waals surface area contributed by atoms with Gasteiger partial charge in [0.1, 0.15) is 5.70 Å². The zero-order chi connectivity index (χ0) is 16.1. The molecule has 6 nitrogen and oxygen atoms in total. The van der Waals surface area contributed by atoms with Gasteiger partial charge in [0.2, 0.25) is 11.8 Å². The van der Waals surface area contributed by atoms with Gasteiger partial charge in [0.15, 0.2) is 0 Å². The highest BCUT2D eigenvalue weighted by molar-refractivity contribution is 8.00. The average molecular weight is 334 g/mol. The van der Waals surface area contributed by atoms with Crippen LogP contribution in [0.5, 0.6) is 0 Å². The van der Waals surface area contributed by atoms with Crippen LogP contribution in [-0.2, 0) is 14.4 Å². The van der Waals surface area contributed by atoms with Crippen molar-refractivity contribution in [2.45, 2.75) is 31.1 Å². The molecule has 0 spiro atoms. The van der Waals surface area contributed by atoms with E-state index in [1.54, 1.807) is 17.8 Å². The summed E-state index contributed by atoms with van der Waals surface area (Å²) in [7, 11) is 0. The van der Waals surface area contributed by atoms with Gasteiger partial charge < -0.3 is 10.0 Å². The summed E-state index contributed by atoms with van der Waals surface area (Å²) >= 11 is 1.57. The molecule has 1 N–H and O–H groups in total. The van der Waals surface area contributed by atoms with Crippen molar-refractivity contribution in [3.63, 3.8) is 0 Å². The first-order valence-electron chi connectivity index (χ1n) is 7.94. The highest BCUT2D eigenvalue weighted by atomic mass is 32.2. The predicted molar refractivity (Wildman–Crippen MR) is 84.4 cm³/mol. The van der Waals surface area contributed by atoms with Crippen molar-refractivity contribution in [2.24, 2.45) is 5.92 Å². The summed E-state index contributed by atoms with van der Waals surface area (Å²) in [5.41, 5.74) is 1.32. The molecule has 0 bridgehead atoms. The maximum Gasteiger partial charge on any atom is 0.352 e. The Morgan fingerprint density at radius 2 is 2.13 bits per heavy atom. The van der Waals surface area contributed by atoms with Crippen LogP contribution in [-0.4, -0.2) is 56.9 Å². The molecule has 23 heavy (non-hydrogen) atoms. The Hall–Kier alpha value is -1.76. The number of thioether (sulfide) groups is 1. The molecule has 7 heteroatoms. The number of carbonyl (C=O) groups is 3. The molecule has 1 atom stereocenters. The van der Waals surface area contributed by atoms with Crippen molar-refractivity contribution >= 4 is 29.5 Å². The van der Waals surface area contributed by atoms with Gasteiger partial charge in [-0.3, -0.25) is 14.5 Å². The van der Waals surface area contributed by atoms with E-state index < -0.39 is 5.97 Å². The lowest BCUT2D eigenvalue weighted by atomic mass is 10.0. The van der Waals surface area contributed by atoms with Gasteiger partial charge in [-0.15, -0.1) is 11.8 Å². The molecule has 3 aliphatic heterocycles. The number of hydrogen-bond donors (Lipinski definition) is 1. The molecule has 0 aromatic heterocycles. The largest absolute Gasteiger partial charge is 0.477 e. The number of carboxylic acid groups (broad SMARTS) is 1. The molecule has 2 saturated heterocycles. The van der Waals surface area contributed by atoms with Crippen molar-refractivity contribution in [2.75, 3.05) is 18.8 Å². The van der Waals surface area contributed by atoms with Gasteiger partial charge in [-0.05, 0) is 36.8 Å². The van der Waals surface area contributed by atoms with Crippen LogP contribution in [0.3, 0.4) is 0 Å². The maximum atomic E-state index is 12.4. The predicted octanol–water partition coefficient (Wildman–Crippen LogP) is 1.20. The summed E-state index contributed by atoms with van der Waals surface area (Å²) < 4.78 is 0. The summed E-state index contributed by atoms with van der Waals surface area (Å²) in [5, 5.41) is 9.43. The van der Waals surface area contributed by atoms with Crippen LogP contribution < -0.4 is 0 Å². The molecule has 3 heterocycles. The van der Waals surface area contributed by atoms with Crippen LogP contribution in [0.25, 0.3) is 0 Å². The number of allylic oxidation sites excluding steroid dienone is 1. The van der Waals surface area contributed by atoms with Gasteiger partial charge in [0.05, 0.1) is 11.8 Å². The van der Waals surface area contributed by atoms with Gasteiger partial charge >= 0.3 is 5.97 Å². The van der Waals surface area contributed by atoms with Gasteiger partial charge in [0, 0.05) is 24.4 Å². The highest BCUT2D eigenvalue weighted by Gasteiger charge is 2.45. The Balaban J connectivity index is 1.60. The van der Waals surface area contributed by atoms with Gasteiger partial charge in [-0.2, -0.15) is 0 Å². The molecule has 1 aliphatic carbocycles.